The minimum Gasteiger partial charge on any atom is -0.494 e. The highest BCUT2D eigenvalue weighted by atomic mass is 16.3. The largest absolute Gasteiger partial charge is 0.494 e. The van der Waals surface area contributed by atoms with Gasteiger partial charge in [0.05, 0.1) is 16.9 Å². The number of nitrogens with one attached hydrogen (secondary N) is 2. The normalized spacial score (nSPS) is 11.5. The topological polar surface area (TPSA) is 116 Å². The molecule has 9 heteroatoms. The first-order valence-electron chi connectivity index (χ1n) is 13.3. The van der Waals surface area contributed by atoms with Crippen molar-refractivity contribution in [1.82, 2.24) is 19.7 Å². The number of carbonyl (C=O) groups is 2. The zero-order chi connectivity index (χ0) is 29.1. The summed E-state index contributed by atoms with van der Waals surface area (Å²) in [7, 11) is 5.81. The van der Waals surface area contributed by atoms with E-state index in [9.17, 15) is 14.7 Å². The standard InChI is InChI=1S/C32H32N6O3/c1-20-16-29(38(4)36-20)32(41)34-25-7-5-6-22(17-25)30(39)23-10-13-26-27(31(40)35-28(26)18-23)19-33-24-11-8-21(9-12-24)14-15-37(2)3/h5-13,16-19,35,40H,14-15H2,1-4H3,(H,34,41). The highest BCUT2D eigenvalue weighted by Gasteiger charge is 2.16. The third-order valence-corrected chi connectivity index (χ3v) is 6.82. The molecule has 0 saturated carbocycles. The average Bonchev–Trinajstić information content (AvgIpc) is 3.46. The van der Waals surface area contributed by atoms with E-state index in [1.165, 1.54) is 10.2 Å². The van der Waals surface area contributed by atoms with Crippen LogP contribution in [0.1, 0.15) is 43.2 Å². The number of anilines is 1. The van der Waals surface area contributed by atoms with Crippen LogP contribution in [0.3, 0.4) is 0 Å². The summed E-state index contributed by atoms with van der Waals surface area (Å²) in [4.78, 5) is 35.7. The summed E-state index contributed by atoms with van der Waals surface area (Å²) in [5.74, 6) is -0.542. The molecule has 0 fully saturated rings. The van der Waals surface area contributed by atoms with Gasteiger partial charge in [-0.3, -0.25) is 19.3 Å². The number of rotatable bonds is 9. The Kier molecular flexibility index (Phi) is 7.80. The van der Waals surface area contributed by atoms with Gasteiger partial charge in [-0.15, -0.1) is 0 Å². The van der Waals surface area contributed by atoms with Crippen LogP contribution < -0.4 is 5.32 Å². The molecule has 0 aliphatic rings. The van der Waals surface area contributed by atoms with Gasteiger partial charge >= 0.3 is 0 Å². The second-order valence-corrected chi connectivity index (χ2v) is 10.3. The number of aryl methyl sites for hydroxylation is 2. The number of aromatic amines is 1. The molecule has 3 N–H and O–H groups in total. The van der Waals surface area contributed by atoms with Gasteiger partial charge in [-0.2, -0.15) is 5.10 Å². The molecular weight excluding hydrogens is 516 g/mol. The third kappa shape index (κ3) is 6.26. The zero-order valence-electron chi connectivity index (χ0n) is 23.5. The van der Waals surface area contributed by atoms with Gasteiger partial charge in [0.2, 0.25) is 0 Å². The van der Waals surface area contributed by atoms with Crippen LogP contribution in [0.2, 0.25) is 0 Å². The van der Waals surface area contributed by atoms with E-state index in [-0.39, 0.29) is 17.6 Å². The molecule has 208 valence electrons. The Morgan fingerprint density at radius 1 is 1.05 bits per heavy atom. The maximum Gasteiger partial charge on any atom is 0.273 e. The SMILES string of the molecule is Cc1cc(C(=O)Nc2cccc(C(=O)c3ccc4c(C=Nc5ccc(CCN(C)C)cc5)c(O)[nH]c4c3)c2)n(C)n1. The Morgan fingerprint density at radius 3 is 2.51 bits per heavy atom. The molecule has 5 rings (SSSR count). The monoisotopic (exact) mass is 548 g/mol. The van der Waals surface area contributed by atoms with Gasteiger partial charge in [-0.1, -0.05) is 36.4 Å². The van der Waals surface area contributed by atoms with Crippen molar-refractivity contribution < 1.29 is 14.7 Å². The first-order valence-corrected chi connectivity index (χ1v) is 13.3. The zero-order valence-corrected chi connectivity index (χ0v) is 23.5. The Labute approximate surface area is 238 Å². The van der Waals surface area contributed by atoms with Crippen LogP contribution in [-0.2, 0) is 13.5 Å². The number of aromatic hydroxyl groups is 1. The number of hydrogen-bond donors (Lipinski definition) is 3. The molecule has 41 heavy (non-hydrogen) atoms. The maximum absolute atomic E-state index is 13.3. The Hall–Kier alpha value is -5.02. The van der Waals surface area contributed by atoms with E-state index in [0.29, 0.717) is 33.6 Å². The number of aromatic nitrogens is 3. The molecule has 0 aliphatic carbocycles. The van der Waals surface area contributed by atoms with Crippen LogP contribution in [0.25, 0.3) is 10.9 Å². The second-order valence-electron chi connectivity index (χ2n) is 10.3. The summed E-state index contributed by atoms with van der Waals surface area (Å²) < 4.78 is 1.52. The summed E-state index contributed by atoms with van der Waals surface area (Å²) in [6.07, 6.45) is 2.59. The molecule has 0 saturated heterocycles. The molecule has 2 heterocycles. The molecule has 0 aliphatic heterocycles. The van der Waals surface area contributed by atoms with Gasteiger partial charge in [-0.25, -0.2) is 0 Å². The quantitative estimate of drug-likeness (QED) is 0.172. The molecule has 0 bridgehead atoms. The van der Waals surface area contributed by atoms with Gasteiger partial charge < -0.3 is 20.3 Å². The third-order valence-electron chi connectivity index (χ3n) is 6.82. The van der Waals surface area contributed by atoms with E-state index in [1.54, 1.807) is 61.8 Å². The molecule has 5 aromatic rings. The van der Waals surface area contributed by atoms with Gasteiger partial charge in [0.1, 0.15) is 5.69 Å². The van der Waals surface area contributed by atoms with E-state index in [2.05, 4.69) is 51.5 Å². The Balaban J connectivity index is 1.32. The Morgan fingerprint density at radius 2 is 1.80 bits per heavy atom. The van der Waals surface area contributed by atoms with Crippen molar-refractivity contribution in [2.75, 3.05) is 26.0 Å². The van der Waals surface area contributed by atoms with Gasteiger partial charge in [0.25, 0.3) is 5.91 Å². The number of aliphatic imine (C=N–C) groups is 1. The predicted octanol–water partition coefficient (Wildman–Crippen LogP) is 5.25. The summed E-state index contributed by atoms with van der Waals surface area (Å²) in [6, 6.07) is 21.7. The van der Waals surface area contributed by atoms with Crippen molar-refractivity contribution in [2.45, 2.75) is 13.3 Å². The lowest BCUT2D eigenvalue weighted by molar-refractivity contribution is 0.101. The number of hydrogen-bond acceptors (Lipinski definition) is 6. The van der Waals surface area contributed by atoms with Crippen molar-refractivity contribution in [3.63, 3.8) is 0 Å². The van der Waals surface area contributed by atoms with E-state index in [0.717, 1.165) is 29.7 Å². The first-order chi connectivity index (χ1) is 19.7. The first kappa shape index (κ1) is 27.5. The second kappa shape index (κ2) is 11.6. The summed E-state index contributed by atoms with van der Waals surface area (Å²) in [6.45, 7) is 2.79. The van der Waals surface area contributed by atoms with E-state index < -0.39 is 0 Å². The summed E-state index contributed by atoms with van der Waals surface area (Å²) in [5.41, 5.74) is 5.72. The Bertz CT molecular complexity index is 1760. The average molecular weight is 549 g/mol. The maximum atomic E-state index is 13.3. The molecular formula is C32H32N6O3. The predicted molar refractivity (Wildman–Crippen MR) is 162 cm³/mol. The van der Waals surface area contributed by atoms with Crippen LogP contribution in [0.15, 0.2) is 77.8 Å². The van der Waals surface area contributed by atoms with Gasteiger partial charge in [0, 0.05) is 47.5 Å². The summed E-state index contributed by atoms with van der Waals surface area (Å²) >= 11 is 0. The molecule has 0 radical (unpaired) electrons. The molecule has 0 atom stereocenters. The minimum absolute atomic E-state index is 0.0222. The fourth-order valence-electron chi connectivity index (χ4n) is 4.64. The van der Waals surface area contributed by atoms with Crippen molar-refractivity contribution in [1.29, 1.82) is 0 Å². The van der Waals surface area contributed by atoms with Gasteiger partial charge in [-0.05, 0) is 69.4 Å². The van der Waals surface area contributed by atoms with Crippen molar-refractivity contribution >= 4 is 40.2 Å². The molecule has 0 spiro atoms. The van der Waals surface area contributed by atoms with Crippen molar-refractivity contribution in [3.05, 3.63) is 106 Å². The lowest BCUT2D eigenvalue weighted by Crippen LogP contribution is -2.16. The number of nitrogens with zero attached hydrogens (tertiary/aromatic N) is 4. The highest BCUT2D eigenvalue weighted by Crippen LogP contribution is 2.28. The van der Waals surface area contributed by atoms with Crippen molar-refractivity contribution in [2.24, 2.45) is 12.0 Å². The molecule has 3 aromatic carbocycles. The van der Waals surface area contributed by atoms with Crippen LogP contribution in [-0.4, -0.2) is 63.3 Å². The van der Waals surface area contributed by atoms with E-state index in [4.69, 9.17) is 0 Å². The number of fused-ring (bicyclic) bond motifs is 1. The number of ketones is 1. The van der Waals surface area contributed by atoms with Crippen LogP contribution in [0, 0.1) is 6.92 Å². The number of benzene rings is 3. The van der Waals surface area contributed by atoms with Crippen LogP contribution >= 0.6 is 0 Å². The number of likely N-dealkylation sites (N-methyl/N-ethyl adjacent to an activating group) is 1. The molecule has 1 amide bonds. The highest BCUT2D eigenvalue weighted by molar-refractivity contribution is 6.13. The van der Waals surface area contributed by atoms with Crippen molar-refractivity contribution in [3.8, 4) is 5.88 Å². The smallest absolute Gasteiger partial charge is 0.273 e. The lowest BCUT2D eigenvalue weighted by Gasteiger charge is -2.08. The number of H-pyrrole nitrogens is 1. The number of amides is 1. The van der Waals surface area contributed by atoms with Gasteiger partial charge in [0.15, 0.2) is 11.7 Å². The summed E-state index contributed by atoms with van der Waals surface area (Å²) in [5, 5.41) is 18.4. The van der Waals surface area contributed by atoms with Crippen LogP contribution in [0.4, 0.5) is 11.4 Å². The molecule has 2 aromatic heterocycles. The minimum atomic E-state index is -0.310. The molecule has 9 nitrogen and oxygen atoms in total. The lowest BCUT2D eigenvalue weighted by atomic mass is 10.0. The van der Waals surface area contributed by atoms with E-state index >= 15 is 0 Å². The fourth-order valence-corrected chi connectivity index (χ4v) is 4.64. The fraction of sp³-hybridized carbons (Fsp3) is 0.188. The van der Waals surface area contributed by atoms with E-state index in [1.807, 2.05) is 19.1 Å². The molecule has 0 unspecified atom stereocenters. The number of carbonyl (C=O) groups excluding carboxylic acids is 2. The van der Waals surface area contributed by atoms with Crippen LogP contribution in [0.5, 0.6) is 5.88 Å².